The first-order chi connectivity index (χ1) is 4.22. The molecule has 9 heavy (non-hydrogen) atoms. The van der Waals surface area contributed by atoms with Gasteiger partial charge in [0.1, 0.15) is 0 Å². The summed E-state index contributed by atoms with van der Waals surface area (Å²) in [7, 11) is 0. The summed E-state index contributed by atoms with van der Waals surface area (Å²) in [5.41, 5.74) is 1.29. The molecule has 0 atom stereocenters. The zero-order valence-corrected chi connectivity index (χ0v) is 9.62. The molecule has 2 nitrogen and oxygen atoms in total. The van der Waals surface area contributed by atoms with Gasteiger partial charge in [0.25, 0.3) is 0 Å². The van der Waals surface area contributed by atoms with E-state index in [9.17, 15) is 0 Å². The van der Waals surface area contributed by atoms with Crippen molar-refractivity contribution in [2.75, 3.05) is 4.93 Å². The minimum absolute atomic E-state index is 0.849. The molecule has 0 radical (unpaired) electrons. The SMILES string of the molecule is Cc1cncn1I(C)I. The molecule has 0 unspecified atom stereocenters. The van der Waals surface area contributed by atoms with Crippen LogP contribution in [0.15, 0.2) is 12.5 Å². The summed E-state index contributed by atoms with van der Waals surface area (Å²) >= 11 is 1.66. The maximum atomic E-state index is 4.04. The molecule has 52 valence electrons. The van der Waals surface area contributed by atoms with Crippen LogP contribution in [-0.4, -0.2) is 12.7 Å². The van der Waals surface area contributed by atoms with E-state index in [-0.39, 0.29) is 0 Å². The standard InChI is InChI=1S/C5H8I2N2/c1-5-3-8-4-9(5)7(2)6/h3-4H,1-2H3. The average molecular weight is 350 g/mol. The minimum atomic E-state index is -0.849. The third kappa shape index (κ3) is 1.79. The molecular formula is C5H8I2N2. The van der Waals surface area contributed by atoms with Crippen molar-refractivity contribution in [3.63, 3.8) is 0 Å². The van der Waals surface area contributed by atoms with Gasteiger partial charge in [-0.05, 0) is 0 Å². The third-order valence-corrected chi connectivity index (χ3v) is 6.10. The van der Waals surface area contributed by atoms with Gasteiger partial charge in [-0.3, -0.25) is 0 Å². The second kappa shape index (κ2) is 3.18. The van der Waals surface area contributed by atoms with Crippen molar-refractivity contribution in [3.05, 3.63) is 18.2 Å². The van der Waals surface area contributed by atoms with E-state index in [1.807, 2.05) is 12.5 Å². The zero-order chi connectivity index (χ0) is 6.85. The predicted molar refractivity (Wildman–Crippen MR) is 56.3 cm³/mol. The average Bonchev–Trinajstić information content (AvgIpc) is 2.13. The van der Waals surface area contributed by atoms with E-state index in [2.05, 4.69) is 38.2 Å². The van der Waals surface area contributed by atoms with Gasteiger partial charge in [0.2, 0.25) is 0 Å². The molecule has 0 saturated carbocycles. The van der Waals surface area contributed by atoms with Crippen LogP contribution in [0.1, 0.15) is 5.69 Å². The summed E-state index contributed by atoms with van der Waals surface area (Å²) in [6, 6.07) is 0. The van der Waals surface area contributed by atoms with E-state index in [4.69, 9.17) is 0 Å². The molecule has 0 fully saturated rings. The quantitative estimate of drug-likeness (QED) is 0.562. The van der Waals surface area contributed by atoms with Gasteiger partial charge in [0.05, 0.1) is 0 Å². The monoisotopic (exact) mass is 350 g/mol. The van der Waals surface area contributed by atoms with Gasteiger partial charge in [-0.15, -0.1) is 0 Å². The number of alkyl halides is 1. The van der Waals surface area contributed by atoms with Crippen LogP contribution in [0.2, 0.25) is 0 Å². The van der Waals surface area contributed by atoms with Gasteiger partial charge in [-0.25, -0.2) is 0 Å². The van der Waals surface area contributed by atoms with Crippen LogP contribution in [0.4, 0.5) is 0 Å². The van der Waals surface area contributed by atoms with Gasteiger partial charge in [-0.1, -0.05) is 0 Å². The van der Waals surface area contributed by atoms with Crippen molar-refractivity contribution >= 4 is 34.7 Å². The molecule has 0 N–H and O–H groups in total. The van der Waals surface area contributed by atoms with Crippen LogP contribution in [0, 0.1) is 6.92 Å². The number of hydrogen-bond acceptors (Lipinski definition) is 1. The first kappa shape index (κ1) is 7.77. The van der Waals surface area contributed by atoms with Gasteiger partial charge >= 0.3 is 72.6 Å². The number of rotatable bonds is 1. The number of aromatic nitrogens is 2. The predicted octanol–water partition coefficient (Wildman–Crippen LogP) is 2.44. The van der Waals surface area contributed by atoms with Gasteiger partial charge in [0.15, 0.2) is 0 Å². The molecule has 0 saturated heterocycles. The van der Waals surface area contributed by atoms with E-state index in [0.717, 1.165) is 0 Å². The molecule has 0 aliphatic rings. The van der Waals surface area contributed by atoms with Crippen molar-refractivity contribution < 1.29 is 0 Å². The normalized spacial score (nSPS) is 11.7. The summed E-state index contributed by atoms with van der Waals surface area (Å²) in [6.45, 7) is 2.10. The van der Waals surface area contributed by atoms with E-state index in [0.29, 0.717) is 0 Å². The summed E-state index contributed by atoms with van der Waals surface area (Å²) in [4.78, 5) is 6.33. The Balaban J connectivity index is 2.94. The Morgan fingerprint density at radius 3 is 2.67 bits per heavy atom. The molecule has 1 heterocycles. The van der Waals surface area contributed by atoms with E-state index in [1.165, 1.54) is 5.69 Å². The van der Waals surface area contributed by atoms with Crippen LogP contribution >= 0.6 is 34.7 Å². The number of halogens is 2. The molecular weight excluding hydrogens is 342 g/mol. The molecule has 0 spiro atoms. The second-order valence-corrected chi connectivity index (χ2v) is 12.8. The maximum absolute atomic E-state index is 4.04. The number of aryl methyl sites for hydroxylation is 1. The number of nitrogens with zero attached hydrogens (tertiary/aromatic N) is 2. The molecule has 0 aliphatic heterocycles. The fourth-order valence-electron chi connectivity index (χ4n) is 0.590. The Hall–Kier alpha value is 0.670. The van der Waals surface area contributed by atoms with Crippen LogP contribution in [0.5, 0.6) is 0 Å². The van der Waals surface area contributed by atoms with Crippen LogP contribution < -0.4 is 0 Å². The molecule has 1 aromatic rings. The molecule has 0 aromatic carbocycles. The summed E-state index contributed by atoms with van der Waals surface area (Å²) in [5.74, 6) is 0. The molecule has 1 aromatic heterocycles. The van der Waals surface area contributed by atoms with E-state index >= 15 is 0 Å². The van der Waals surface area contributed by atoms with E-state index in [1.54, 1.807) is 0 Å². The Labute approximate surface area is 72.0 Å². The van der Waals surface area contributed by atoms with Crippen molar-refractivity contribution in [2.45, 2.75) is 6.92 Å². The molecule has 0 aliphatic carbocycles. The molecule has 0 amide bonds. The Morgan fingerprint density at radius 1 is 1.78 bits per heavy atom. The summed E-state index contributed by atoms with van der Waals surface area (Å²) in [6.07, 6.45) is 3.83. The zero-order valence-electron chi connectivity index (χ0n) is 5.31. The van der Waals surface area contributed by atoms with E-state index < -0.39 is 16.1 Å². The van der Waals surface area contributed by atoms with Crippen molar-refractivity contribution in [2.24, 2.45) is 0 Å². The Kier molecular flexibility index (Phi) is 2.74. The number of imidazole rings is 1. The van der Waals surface area contributed by atoms with Crippen molar-refractivity contribution in [1.82, 2.24) is 7.76 Å². The fraction of sp³-hybridized carbons (Fsp3) is 0.400. The van der Waals surface area contributed by atoms with Crippen LogP contribution in [-0.2, 0) is 0 Å². The second-order valence-electron chi connectivity index (χ2n) is 1.72. The molecule has 1 rings (SSSR count). The van der Waals surface area contributed by atoms with Gasteiger partial charge < -0.3 is 0 Å². The Morgan fingerprint density at radius 2 is 2.44 bits per heavy atom. The van der Waals surface area contributed by atoms with Gasteiger partial charge in [-0.2, -0.15) is 0 Å². The fourth-order valence-corrected chi connectivity index (χ4v) is 4.81. The van der Waals surface area contributed by atoms with Crippen LogP contribution in [0.3, 0.4) is 0 Å². The summed E-state index contributed by atoms with van der Waals surface area (Å²) < 4.78 is 2.28. The third-order valence-electron chi connectivity index (χ3n) is 1.02. The van der Waals surface area contributed by atoms with Crippen LogP contribution in [0.25, 0.3) is 0 Å². The topological polar surface area (TPSA) is 17.8 Å². The number of hydrogen-bond donors (Lipinski definition) is 0. The van der Waals surface area contributed by atoms with Crippen molar-refractivity contribution in [3.8, 4) is 0 Å². The Bertz CT molecular complexity index is 195. The van der Waals surface area contributed by atoms with Gasteiger partial charge in [0, 0.05) is 0 Å². The first-order valence-corrected chi connectivity index (χ1v) is 11.9. The molecule has 4 heteroatoms. The molecule has 0 bridgehead atoms. The van der Waals surface area contributed by atoms with Crippen molar-refractivity contribution in [1.29, 1.82) is 0 Å². The summed E-state index contributed by atoms with van der Waals surface area (Å²) in [5, 5.41) is 0. The first-order valence-electron chi connectivity index (χ1n) is 2.48.